The number of hydrazone groups is 1. The van der Waals surface area contributed by atoms with Crippen molar-refractivity contribution in [1.82, 2.24) is 14.3 Å². The third-order valence-electron chi connectivity index (χ3n) is 5.81. The maximum Gasteiger partial charge on any atom is 0.257 e. The fourth-order valence-electron chi connectivity index (χ4n) is 4.03. The minimum Gasteiger partial charge on any atom is -0.431 e. The Balaban J connectivity index is 1.25. The van der Waals surface area contributed by atoms with E-state index in [0.717, 1.165) is 37.0 Å². The molecule has 1 amide bonds. The van der Waals surface area contributed by atoms with E-state index in [1.165, 1.54) is 21.1 Å². The number of carbonyl (C=O) groups is 1. The Morgan fingerprint density at radius 2 is 1.82 bits per heavy atom. The molecule has 10 heteroatoms. The number of benzene rings is 2. The molecule has 0 aliphatic carbocycles. The number of fused-ring (bicyclic) bond motifs is 1. The van der Waals surface area contributed by atoms with E-state index in [9.17, 15) is 13.2 Å². The van der Waals surface area contributed by atoms with E-state index in [1.54, 1.807) is 18.2 Å². The van der Waals surface area contributed by atoms with Crippen LogP contribution in [0.2, 0.25) is 0 Å². The summed E-state index contributed by atoms with van der Waals surface area (Å²) in [6.07, 6.45) is 3.55. The lowest BCUT2D eigenvalue weighted by molar-refractivity contribution is -0.127. The number of hydrogen-bond donors (Lipinski definition) is 0. The molecule has 0 N–H and O–H groups in total. The average molecular weight is 485 g/mol. The molecule has 0 saturated carbocycles. The number of hydrogen-bond acceptors (Lipinski definition) is 7. The third kappa shape index (κ3) is 4.68. The highest BCUT2D eigenvalue weighted by Crippen LogP contribution is 2.28. The molecule has 1 fully saturated rings. The summed E-state index contributed by atoms with van der Waals surface area (Å²) in [5, 5.41) is 6.28. The standard InChI is InChI=1S/C23H24N4O4S2/c28-22(27-14-11-19(25-27)17-7-3-1-4-8-17)16-32-23-24-20-15-18(9-10-21(20)31-23)33(29,30)26-12-5-2-6-13-26/h1,3-4,7-10,15H,2,5-6,11-14,16H2. The van der Waals surface area contributed by atoms with Crippen LogP contribution in [-0.4, -0.2) is 59.7 Å². The van der Waals surface area contributed by atoms with Crippen LogP contribution >= 0.6 is 11.8 Å². The second kappa shape index (κ2) is 9.28. The van der Waals surface area contributed by atoms with Gasteiger partial charge in [-0.25, -0.2) is 18.4 Å². The van der Waals surface area contributed by atoms with E-state index in [0.29, 0.717) is 36.0 Å². The lowest BCUT2D eigenvalue weighted by atomic mass is 10.1. The number of carbonyl (C=O) groups excluding carboxylic acids is 1. The van der Waals surface area contributed by atoms with Crippen LogP contribution in [-0.2, 0) is 14.8 Å². The smallest absolute Gasteiger partial charge is 0.257 e. The van der Waals surface area contributed by atoms with Gasteiger partial charge in [0.1, 0.15) is 5.52 Å². The van der Waals surface area contributed by atoms with Gasteiger partial charge in [0.15, 0.2) is 5.58 Å². The quantitative estimate of drug-likeness (QED) is 0.495. The van der Waals surface area contributed by atoms with E-state index < -0.39 is 10.0 Å². The predicted molar refractivity (Wildman–Crippen MR) is 127 cm³/mol. The van der Waals surface area contributed by atoms with Crippen LogP contribution in [0.3, 0.4) is 0 Å². The number of thioether (sulfide) groups is 1. The number of aromatic nitrogens is 1. The molecule has 8 nitrogen and oxygen atoms in total. The first kappa shape index (κ1) is 22.1. The van der Waals surface area contributed by atoms with Crippen molar-refractivity contribution in [1.29, 1.82) is 0 Å². The van der Waals surface area contributed by atoms with Gasteiger partial charge in [-0.1, -0.05) is 48.5 Å². The van der Waals surface area contributed by atoms with Crippen molar-refractivity contribution in [2.24, 2.45) is 5.10 Å². The molecule has 33 heavy (non-hydrogen) atoms. The SMILES string of the molecule is O=C(CSc1nc2cc(S(=O)(=O)N3CCCCC3)ccc2o1)N1CCC(c2ccccc2)=N1. The second-order valence-corrected chi connectivity index (χ2v) is 10.9. The van der Waals surface area contributed by atoms with E-state index in [2.05, 4.69) is 10.1 Å². The van der Waals surface area contributed by atoms with E-state index >= 15 is 0 Å². The van der Waals surface area contributed by atoms with Crippen molar-refractivity contribution in [2.75, 3.05) is 25.4 Å². The fourth-order valence-corrected chi connectivity index (χ4v) is 6.28. The zero-order valence-corrected chi connectivity index (χ0v) is 19.6. The van der Waals surface area contributed by atoms with Gasteiger partial charge >= 0.3 is 0 Å². The number of rotatable bonds is 6. The van der Waals surface area contributed by atoms with Crippen LogP contribution in [0.5, 0.6) is 0 Å². The summed E-state index contributed by atoms with van der Waals surface area (Å²) >= 11 is 1.18. The van der Waals surface area contributed by atoms with Gasteiger partial charge in [0.25, 0.3) is 11.1 Å². The number of oxazole rings is 1. The van der Waals surface area contributed by atoms with E-state index in [4.69, 9.17) is 4.42 Å². The van der Waals surface area contributed by atoms with Crippen LogP contribution < -0.4 is 0 Å². The molecule has 3 heterocycles. The molecule has 172 valence electrons. The topological polar surface area (TPSA) is 96.1 Å². The minimum atomic E-state index is -3.54. The Morgan fingerprint density at radius 3 is 2.61 bits per heavy atom. The van der Waals surface area contributed by atoms with Gasteiger partial charge in [0.2, 0.25) is 10.0 Å². The summed E-state index contributed by atoms with van der Waals surface area (Å²) in [5.74, 6) is 0.0127. The minimum absolute atomic E-state index is 0.124. The van der Waals surface area contributed by atoms with Gasteiger partial charge in [-0.2, -0.15) is 9.41 Å². The molecule has 2 aromatic carbocycles. The molecule has 1 saturated heterocycles. The number of nitrogens with zero attached hydrogens (tertiary/aromatic N) is 4. The average Bonchev–Trinajstić information content (AvgIpc) is 3.50. The number of sulfonamides is 1. The van der Waals surface area contributed by atoms with E-state index in [-0.39, 0.29) is 16.6 Å². The lowest BCUT2D eigenvalue weighted by Gasteiger charge is -2.25. The summed E-state index contributed by atoms with van der Waals surface area (Å²) < 4.78 is 33.1. The highest BCUT2D eigenvalue weighted by atomic mass is 32.2. The van der Waals surface area contributed by atoms with Crippen molar-refractivity contribution in [2.45, 2.75) is 35.8 Å². The second-order valence-electron chi connectivity index (χ2n) is 8.04. The summed E-state index contributed by atoms with van der Waals surface area (Å²) in [5.41, 5.74) is 2.88. The molecule has 5 rings (SSSR count). The first-order valence-corrected chi connectivity index (χ1v) is 13.4. The third-order valence-corrected chi connectivity index (χ3v) is 8.52. The van der Waals surface area contributed by atoms with Gasteiger partial charge < -0.3 is 4.42 Å². The van der Waals surface area contributed by atoms with Crippen molar-refractivity contribution in [3.8, 4) is 0 Å². The maximum absolute atomic E-state index is 12.9. The molecule has 0 bridgehead atoms. The Kier molecular flexibility index (Phi) is 6.22. The maximum atomic E-state index is 12.9. The molecular weight excluding hydrogens is 460 g/mol. The highest BCUT2D eigenvalue weighted by Gasteiger charge is 2.27. The lowest BCUT2D eigenvalue weighted by Crippen LogP contribution is -2.35. The largest absolute Gasteiger partial charge is 0.431 e. The predicted octanol–water partition coefficient (Wildman–Crippen LogP) is 3.73. The monoisotopic (exact) mass is 484 g/mol. The van der Waals surface area contributed by atoms with Crippen molar-refractivity contribution in [3.05, 3.63) is 54.1 Å². The van der Waals surface area contributed by atoms with Gasteiger partial charge in [0.05, 0.1) is 22.9 Å². The van der Waals surface area contributed by atoms with Crippen molar-refractivity contribution < 1.29 is 17.6 Å². The van der Waals surface area contributed by atoms with Crippen LogP contribution in [0, 0.1) is 0 Å². The van der Waals surface area contributed by atoms with Gasteiger partial charge in [0, 0.05) is 19.5 Å². The first-order chi connectivity index (χ1) is 16.0. The Hall–Kier alpha value is -2.69. The number of piperidine rings is 1. The van der Waals surface area contributed by atoms with Crippen LogP contribution in [0.15, 0.2) is 68.2 Å². The molecule has 3 aromatic rings. The molecule has 0 spiro atoms. The molecular formula is C23H24N4O4S2. The Labute approximate surface area is 196 Å². The molecule has 1 aromatic heterocycles. The number of amides is 1. The fraction of sp³-hybridized carbons (Fsp3) is 0.348. The first-order valence-electron chi connectivity index (χ1n) is 11.0. The summed E-state index contributed by atoms with van der Waals surface area (Å²) in [7, 11) is -3.54. The van der Waals surface area contributed by atoms with Crippen LogP contribution in [0.4, 0.5) is 0 Å². The van der Waals surface area contributed by atoms with Gasteiger partial charge in [-0.3, -0.25) is 4.79 Å². The summed E-state index contributed by atoms with van der Waals surface area (Å²) in [6, 6.07) is 14.6. The van der Waals surface area contributed by atoms with Crippen LogP contribution in [0.25, 0.3) is 11.1 Å². The zero-order chi connectivity index (χ0) is 22.8. The molecule has 0 unspecified atom stereocenters. The van der Waals surface area contributed by atoms with E-state index in [1.807, 2.05) is 30.3 Å². The molecule has 0 radical (unpaired) electrons. The van der Waals surface area contributed by atoms with Crippen molar-refractivity contribution >= 4 is 44.5 Å². The normalized spacial score (nSPS) is 17.5. The highest BCUT2D eigenvalue weighted by molar-refractivity contribution is 7.99. The van der Waals surface area contributed by atoms with Crippen LogP contribution in [0.1, 0.15) is 31.2 Å². The zero-order valence-electron chi connectivity index (χ0n) is 18.0. The molecule has 2 aliphatic rings. The van der Waals surface area contributed by atoms with Crippen molar-refractivity contribution in [3.63, 3.8) is 0 Å². The Morgan fingerprint density at radius 1 is 1.03 bits per heavy atom. The summed E-state index contributed by atoms with van der Waals surface area (Å²) in [4.78, 5) is 17.2. The van der Waals surface area contributed by atoms with Gasteiger partial charge in [-0.15, -0.1) is 0 Å². The summed E-state index contributed by atoms with van der Waals surface area (Å²) in [6.45, 7) is 1.65. The molecule has 2 aliphatic heterocycles. The Bertz CT molecular complexity index is 1300. The van der Waals surface area contributed by atoms with Gasteiger partial charge in [-0.05, 0) is 36.6 Å². The molecule has 0 atom stereocenters.